The van der Waals surface area contributed by atoms with Crippen molar-refractivity contribution in [3.63, 3.8) is 0 Å². The molecule has 0 aliphatic rings. The molecule has 4 nitrogen and oxygen atoms in total. The molecule has 5 heteroatoms. The Morgan fingerprint density at radius 2 is 2.10 bits per heavy atom. The van der Waals surface area contributed by atoms with Crippen LogP contribution in [-0.4, -0.2) is 11.3 Å². The van der Waals surface area contributed by atoms with Gasteiger partial charge in [0, 0.05) is 16.5 Å². The van der Waals surface area contributed by atoms with Crippen LogP contribution in [0.2, 0.25) is 0 Å². The smallest absolute Gasteiger partial charge is 0.150 e. The van der Waals surface area contributed by atoms with E-state index in [9.17, 15) is 4.79 Å². The van der Waals surface area contributed by atoms with E-state index in [4.69, 9.17) is 9.15 Å². The lowest BCUT2D eigenvalue weighted by atomic mass is 10.2. The lowest BCUT2D eigenvalue weighted by molar-refractivity contribution is 0.112. The number of rotatable bonds is 5. The van der Waals surface area contributed by atoms with Crippen LogP contribution in [0, 0.1) is 0 Å². The van der Waals surface area contributed by atoms with Crippen molar-refractivity contribution in [3.05, 3.63) is 59.5 Å². The molecular formula is C15H11NO3S. The molecule has 0 atom stereocenters. The number of hydrogen-bond donors (Lipinski definition) is 0. The topological polar surface area (TPSA) is 52.3 Å². The van der Waals surface area contributed by atoms with Crippen LogP contribution in [-0.2, 0) is 6.61 Å². The molecule has 3 rings (SSSR count). The van der Waals surface area contributed by atoms with Crippen LogP contribution in [0.5, 0.6) is 5.75 Å². The molecular weight excluding hydrogens is 274 g/mol. The van der Waals surface area contributed by atoms with Crippen LogP contribution in [0.25, 0.3) is 10.6 Å². The highest BCUT2D eigenvalue weighted by atomic mass is 32.1. The Bertz CT molecular complexity index is 686. The maximum atomic E-state index is 10.6. The normalized spacial score (nSPS) is 10.4. The quantitative estimate of drug-likeness (QED) is 0.669. The predicted octanol–water partition coefficient (Wildman–Crippen LogP) is 3.79. The Morgan fingerprint density at radius 3 is 2.80 bits per heavy atom. The molecule has 3 aromatic rings. The summed E-state index contributed by atoms with van der Waals surface area (Å²) in [7, 11) is 0. The van der Waals surface area contributed by atoms with Crippen LogP contribution >= 0.6 is 11.3 Å². The Kier molecular flexibility index (Phi) is 3.60. The summed E-state index contributed by atoms with van der Waals surface area (Å²) in [5.41, 5.74) is 2.47. The summed E-state index contributed by atoms with van der Waals surface area (Å²) in [5.74, 6) is 0.716. The number of aromatic nitrogens is 1. The maximum Gasteiger partial charge on any atom is 0.150 e. The third-order valence-corrected chi connectivity index (χ3v) is 3.66. The molecule has 20 heavy (non-hydrogen) atoms. The van der Waals surface area contributed by atoms with Crippen LogP contribution in [0.15, 0.2) is 52.7 Å². The average Bonchev–Trinajstić information content (AvgIpc) is 3.16. The molecule has 0 fully saturated rings. The van der Waals surface area contributed by atoms with Crippen molar-refractivity contribution in [3.8, 4) is 16.3 Å². The van der Waals surface area contributed by atoms with Crippen molar-refractivity contribution in [1.82, 2.24) is 4.98 Å². The molecule has 2 heterocycles. The van der Waals surface area contributed by atoms with E-state index in [1.165, 1.54) is 0 Å². The molecule has 0 bridgehead atoms. The van der Waals surface area contributed by atoms with E-state index in [2.05, 4.69) is 4.98 Å². The van der Waals surface area contributed by atoms with Crippen molar-refractivity contribution in [2.45, 2.75) is 6.61 Å². The van der Waals surface area contributed by atoms with Crippen LogP contribution < -0.4 is 4.74 Å². The number of nitrogens with zero attached hydrogens (tertiary/aromatic N) is 1. The minimum Gasteiger partial charge on any atom is -0.487 e. The third-order valence-electron chi connectivity index (χ3n) is 2.72. The summed E-state index contributed by atoms with van der Waals surface area (Å²) in [6, 6.07) is 8.86. The highest BCUT2D eigenvalue weighted by molar-refractivity contribution is 7.13. The van der Waals surface area contributed by atoms with Crippen LogP contribution in [0.4, 0.5) is 0 Å². The maximum absolute atomic E-state index is 10.6. The largest absolute Gasteiger partial charge is 0.487 e. The summed E-state index contributed by atoms with van der Waals surface area (Å²) < 4.78 is 10.7. The fraction of sp³-hybridized carbons (Fsp3) is 0.0667. The van der Waals surface area contributed by atoms with Crippen molar-refractivity contribution in [2.24, 2.45) is 0 Å². The summed E-state index contributed by atoms with van der Waals surface area (Å²) in [4.78, 5) is 15.0. The van der Waals surface area contributed by atoms with E-state index >= 15 is 0 Å². The zero-order chi connectivity index (χ0) is 13.8. The molecule has 0 aliphatic carbocycles. The van der Waals surface area contributed by atoms with Gasteiger partial charge in [0.1, 0.15) is 29.9 Å². The van der Waals surface area contributed by atoms with Crippen molar-refractivity contribution in [1.29, 1.82) is 0 Å². The number of carbonyl (C=O) groups is 1. The average molecular weight is 285 g/mol. The molecule has 0 N–H and O–H groups in total. The van der Waals surface area contributed by atoms with E-state index in [1.54, 1.807) is 48.1 Å². The fourth-order valence-corrected chi connectivity index (χ4v) is 2.48. The van der Waals surface area contributed by atoms with Gasteiger partial charge in [0.2, 0.25) is 0 Å². The van der Waals surface area contributed by atoms with E-state index < -0.39 is 0 Å². The van der Waals surface area contributed by atoms with Gasteiger partial charge in [0.05, 0.1) is 12.0 Å². The molecule has 0 unspecified atom stereocenters. The van der Waals surface area contributed by atoms with E-state index in [-0.39, 0.29) is 0 Å². The van der Waals surface area contributed by atoms with Gasteiger partial charge in [-0.05, 0) is 30.3 Å². The number of hydrogen-bond acceptors (Lipinski definition) is 5. The first-order valence-corrected chi connectivity index (χ1v) is 6.88. The highest BCUT2D eigenvalue weighted by Crippen LogP contribution is 2.24. The first-order valence-electron chi connectivity index (χ1n) is 6.00. The van der Waals surface area contributed by atoms with Gasteiger partial charge in [0.15, 0.2) is 0 Å². The fourth-order valence-electron chi connectivity index (χ4n) is 1.69. The standard InChI is InChI=1S/C15H11NO3S/c17-7-11-1-3-14(4-2-11)19-9-13-10-20-15(16-13)12-5-6-18-8-12/h1-8,10H,9H2. The van der Waals surface area contributed by atoms with Crippen LogP contribution in [0.1, 0.15) is 16.1 Å². The lowest BCUT2D eigenvalue weighted by Crippen LogP contribution is -1.95. The van der Waals surface area contributed by atoms with Gasteiger partial charge >= 0.3 is 0 Å². The van der Waals surface area contributed by atoms with E-state index in [1.807, 2.05) is 11.4 Å². The molecule has 100 valence electrons. The Morgan fingerprint density at radius 1 is 1.25 bits per heavy atom. The highest BCUT2D eigenvalue weighted by Gasteiger charge is 2.06. The van der Waals surface area contributed by atoms with Gasteiger partial charge in [-0.25, -0.2) is 4.98 Å². The van der Waals surface area contributed by atoms with Gasteiger partial charge in [-0.2, -0.15) is 0 Å². The zero-order valence-electron chi connectivity index (χ0n) is 10.5. The van der Waals surface area contributed by atoms with Gasteiger partial charge < -0.3 is 9.15 Å². The SMILES string of the molecule is O=Cc1ccc(OCc2csc(-c3ccoc3)n2)cc1. The summed E-state index contributed by atoms with van der Waals surface area (Å²) in [5, 5.41) is 2.87. The predicted molar refractivity (Wildman–Crippen MR) is 76.0 cm³/mol. The van der Waals surface area contributed by atoms with E-state index in [0.717, 1.165) is 22.6 Å². The summed E-state index contributed by atoms with van der Waals surface area (Å²) in [6.45, 7) is 0.398. The second-order valence-electron chi connectivity index (χ2n) is 4.13. The number of benzene rings is 1. The zero-order valence-corrected chi connectivity index (χ0v) is 11.3. The second kappa shape index (κ2) is 5.71. The van der Waals surface area contributed by atoms with E-state index in [0.29, 0.717) is 17.9 Å². The summed E-state index contributed by atoms with van der Waals surface area (Å²) in [6.07, 6.45) is 4.10. The number of thiazole rings is 1. The van der Waals surface area contributed by atoms with Gasteiger partial charge in [-0.15, -0.1) is 11.3 Å². The number of aldehydes is 1. The molecule has 0 spiro atoms. The van der Waals surface area contributed by atoms with Crippen molar-refractivity contribution in [2.75, 3.05) is 0 Å². The third kappa shape index (κ3) is 2.78. The Balaban J connectivity index is 1.64. The second-order valence-corrected chi connectivity index (χ2v) is 4.99. The summed E-state index contributed by atoms with van der Waals surface area (Å²) >= 11 is 1.55. The molecule has 0 radical (unpaired) electrons. The Hall–Kier alpha value is -2.40. The van der Waals surface area contributed by atoms with Crippen molar-refractivity contribution >= 4 is 17.6 Å². The Labute approximate surface area is 119 Å². The van der Waals surface area contributed by atoms with Crippen LogP contribution in [0.3, 0.4) is 0 Å². The van der Waals surface area contributed by atoms with Crippen molar-refractivity contribution < 1.29 is 13.9 Å². The molecule has 1 aromatic carbocycles. The van der Waals surface area contributed by atoms with Gasteiger partial charge in [-0.3, -0.25) is 4.79 Å². The first kappa shape index (κ1) is 12.6. The molecule has 0 amide bonds. The number of ether oxygens (including phenoxy) is 1. The van der Waals surface area contributed by atoms with Gasteiger partial charge in [-0.1, -0.05) is 0 Å². The molecule has 0 saturated heterocycles. The molecule has 0 aliphatic heterocycles. The minimum absolute atomic E-state index is 0.398. The molecule has 2 aromatic heterocycles. The molecule has 0 saturated carbocycles. The number of furan rings is 1. The minimum atomic E-state index is 0.398. The first-order chi connectivity index (χ1) is 9.85. The monoisotopic (exact) mass is 285 g/mol. The van der Waals surface area contributed by atoms with Gasteiger partial charge in [0.25, 0.3) is 0 Å². The lowest BCUT2D eigenvalue weighted by Gasteiger charge is -2.03. The number of carbonyl (C=O) groups excluding carboxylic acids is 1.